The Labute approximate surface area is 91.4 Å². The van der Waals surface area contributed by atoms with E-state index in [4.69, 9.17) is 5.11 Å². The van der Waals surface area contributed by atoms with E-state index in [1.54, 1.807) is 0 Å². The molecule has 2 N–H and O–H groups in total. The second-order valence-electron chi connectivity index (χ2n) is 3.13. The average molecular weight is 223 g/mol. The minimum Gasteiger partial charge on any atom is -0.478 e. The van der Waals surface area contributed by atoms with E-state index in [-0.39, 0.29) is 11.3 Å². The van der Waals surface area contributed by atoms with Gasteiger partial charge in [-0.1, -0.05) is 6.07 Å². The minimum absolute atomic E-state index is 0.0890. The molecule has 0 heterocycles. The third-order valence-electron chi connectivity index (χ3n) is 1.78. The smallest absolute Gasteiger partial charge is 0.331 e. The van der Waals surface area contributed by atoms with Crippen LogP contribution in [0.1, 0.15) is 6.92 Å². The molecule has 0 fully saturated rings. The van der Waals surface area contributed by atoms with Crippen molar-refractivity contribution in [1.82, 2.24) is 0 Å². The van der Waals surface area contributed by atoms with Gasteiger partial charge in [-0.05, 0) is 25.1 Å². The Balaban J connectivity index is 2.72. The van der Waals surface area contributed by atoms with Gasteiger partial charge in [-0.3, -0.25) is 4.79 Å². The quantitative estimate of drug-likeness (QED) is 0.768. The van der Waals surface area contributed by atoms with Crippen molar-refractivity contribution in [3.8, 4) is 0 Å². The predicted octanol–water partition coefficient (Wildman–Crippen LogP) is 1.80. The van der Waals surface area contributed by atoms with E-state index in [2.05, 4.69) is 5.32 Å². The summed E-state index contributed by atoms with van der Waals surface area (Å²) in [7, 11) is 0. The monoisotopic (exact) mass is 223 g/mol. The van der Waals surface area contributed by atoms with Crippen LogP contribution in [0.5, 0.6) is 0 Å². The number of hydrogen-bond acceptors (Lipinski definition) is 2. The Hall–Kier alpha value is -2.17. The normalized spacial score (nSPS) is 11.0. The standard InChI is InChI=1S/C11H10FNO3/c1-7(11(15)16)5-10(14)13-9-4-2-3-8(12)6-9/h2-6H,1H3,(H,13,14)(H,15,16)/b7-5+. The highest BCUT2D eigenvalue weighted by atomic mass is 19.1. The summed E-state index contributed by atoms with van der Waals surface area (Å²) in [4.78, 5) is 21.7. The van der Waals surface area contributed by atoms with E-state index in [9.17, 15) is 14.0 Å². The summed E-state index contributed by atoms with van der Waals surface area (Å²) < 4.78 is 12.7. The molecule has 1 aromatic carbocycles. The number of anilines is 1. The van der Waals surface area contributed by atoms with Gasteiger partial charge in [0, 0.05) is 17.3 Å². The highest BCUT2D eigenvalue weighted by molar-refractivity contribution is 6.04. The lowest BCUT2D eigenvalue weighted by molar-refractivity contribution is -0.132. The van der Waals surface area contributed by atoms with Crippen LogP contribution in [0.25, 0.3) is 0 Å². The van der Waals surface area contributed by atoms with Crippen LogP contribution in [0.3, 0.4) is 0 Å². The zero-order valence-corrected chi connectivity index (χ0v) is 8.53. The van der Waals surface area contributed by atoms with Gasteiger partial charge in [-0.15, -0.1) is 0 Å². The highest BCUT2D eigenvalue weighted by Crippen LogP contribution is 2.09. The summed E-state index contributed by atoms with van der Waals surface area (Å²) in [6.07, 6.45) is 0.938. The van der Waals surface area contributed by atoms with Gasteiger partial charge in [0.25, 0.3) is 0 Å². The molecular formula is C11H10FNO3. The van der Waals surface area contributed by atoms with Gasteiger partial charge in [0.05, 0.1) is 0 Å². The number of aliphatic carboxylic acids is 1. The van der Waals surface area contributed by atoms with Crippen molar-refractivity contribution < 1.29 is 19.1 Å². The first kappa shape index (κ1) is 11.9. The Kier molecular flexibility index (Phi) is 3.77. The molecule has 1 amide bonds. The number of carboxylic acid groups (broad SMARTS) is 1. The number of carbonyl (C=O) groups is 2. The summed E-state index contributed by atoms with van der Waals surface area (Å²) in [6.45, 7) is 1.30. The summed E-state index contributed by atoms with van der Waals surface area (Å²) in [5, 5.41) is 10.9. The summed E-state index contributed by atoms with van der Waals surface area (Å²) in [6, 6.07) is 5.33. The molecule has 0 saturated carbocycles. The van der Waals surface area contributed by atoms with Crippen molar-refractivity contribution in [1.29, 1.82) is 0 Å². The van der Waals surface area contributed by atoms with Crippen molar-refractivity contribution >= 4 is 17.6 Å². The highest BCUT2D eigenvalue weighted by Gasteiger charge is 2.04. The number of rotatable bonds is 3. The van der Waals surface area contributed by atoms with Crippen molar-refractivity contribution in [3.05, 3.63) is 41.7 Å². The third-order valence-corrected chi connectivity index (χ3v) is 1.78. The minimum atomic E-state index is -1.17. The Bertz CT molecular complexity index is 454. The summed E-state index contributed by atoms with van der Waals surface area (Å²) in [5.74, 6) is -2.25. The maximum Gasteiger partial charge on any atom is 0.331 e. The number of amides is 1. The van der Waals surface area contributed by atoms with E-state index in [1.165, 1.54) is 25.1 Å². The zero-order valence-electron chi connectivity index (χ0n) is 8.53. The van der Waals surface area contributed by atoms with Crippen molar-refractivity contribution in [3.63, 3.8) is 0 Å². The molecular weight excluding hydrogens is 213 g/mol. The molecule has 0 bridgehead atoms. The molecule has 0 radical (unpaired) electrons. The Morgan fingerprint density at radius 3 is 2.69 bits per heavy atom. The second-order valence-corrected chi connectivity index (χ2v) is 3.13. The number of carbonyl (C=O) groups excluding carboxylic acids is 1. The Morgan fingerprint density at radius 1 is 1.44 bits per heavy atom. The lowest BCUT2D eigenvalue weighted by Gasteiger charge is -2.01. The topological polar surface area (TPSA) is 66.4 Å². The van der Waals surface area contributed by atoms with E-state index < -0.39 is 17.7 Å². The van der Waals surface area contributed by atoms with Crippen LogP contribution in [0, 0.1) is 5.82 Å². The van der Waals surface area contributed by atoms with E-state index in [0.29, 0.717) is 0 Å². The predicted molar refractivity (Wildman–Crippen MR) is 56.4 cm³/mol. The number of nitrogens with one attached hydrogen (secondary N) is 1. The fourth-order valence-corrected chi connectivity index (χ4v) is 1.00. The second kappa shape index (κ2) is 5.06. The van der Waals surface area contributed by atoms with Gasteiger partial charge in [-0.2, -0.15) is 0 Å². The van der Waals surface area contributed by atoms with Crippen LogP contribution >= 0.6 is 0 Å². The van der Waals surface area contributed by atoms with Crippen LogP contribution in [0.2, 0.25) is 0 Å². The molecule has 0 aliphatic rings. The maximum atomic E-state index is 12.7. The van der Waals surface area contributed by atoms with E-state index >= 15 is 0 Å². The molecule has 0 unspecified atom stereocenters. The molecule has 0 aliphatic carbocycles. The van der Waals surface area contributed by atoms with Gasteiger partial charge in [-0.25, -0.2) is 9.18 Å². The van der Waals surface area contributed by atoms with Gasteiger partial charge >= 0.3 is 5.97 Å². The summed E-state index contributed by atoms with van der Waals surface area (Å²) >= 11 is 0. The van der Waals surface area contributed by atoms with Crippen molar-refractivity contribution in [2.45, 2.75) is 6.92 Å². The Morgan fingerprint density at radius 2 is 2.12 bits per heavy atom. The average Bonchev–Trinajstić information content (AvgIpc) is 2.16. The van der Waals surface area contributed by atoms with Crippen LogP contribution in [-0.4, -0.2) is 17.0 Å². The number of benzene rings is 1. The molecule has 0 aliphatic heterocycles. The molecule has 1 aromatic rings. The van der Waals surface area contributed by atoms with Gasteiger partial charge in [0.2, 0.25) is 5.91 Å². The maximum absolute atomic E-state index is 12.7. The first-order valence-electron chi connectivity index (χ1n) is 4.47. The van der Waals surface area contributed by atoms with E-state index in [0.717, 1.165) is 12.1 Å². The fourth-order valence-electron chi connectivity index (χ4n) is 1.00. The number of halogens is 1. The number of hydrogen-bond donors (Lipinski definition) is 2. The van der Waals surface area contributed by atoms with E-state index in [1.807, 2.05) is 0 Å². The molecule has 1 rings (SSSR count). The molecule has 16 heavy (non-hydrogen) atoms. The summed E-state index contributed by atoms with van der Waals surface area (Å²) in [5.41, 5.74) is 0.188. The zero-order chi connectivity index (χ0) is 12.1. The number of carboxylic acids is 1. The van der Waals surface area contributed by atoms with Gasteiger partial charge < -0.3 is 10.4 Å². The molecule has 0 atom stereocenters. The van der Waals surface area contributed by atoms with Crippen LogP contribution in [-0.2, 0) is 9.59 Å². The molecule has 0 aromatic heterocycles. The SMILES string of the molecule is C/C(=C\C(=O)Nc1cccc(F)c1)C(=O)O. The lowest BCUT2D eigenvalue weighted by atomic mass is 10.2. The van der Waals surface area contributed by atoms with Crippen molar-refractivity contribution in [2.24, 2.45) is 0 Å². The molecule has 0 saturated heterocycles. The third kappa shape index (κ3) is 3.53. The van der Waals surface area contributed by atoms with Crippen LogP contribution in [0.4, 0.5) is 10.1 Å². The van der Waals surface area contributed by atoms with Crippen molar-refractivity contribution in [2.75, 3.05) is 5.32 Å². The molecule has 84 valence electrons. The van der Waals surface area contributed by atoms with Gasteiger partial charge in [0.15, 0.2) is 0 Å². The fraction of sp³-hybridized carbons (Fsp3) is 0.0909. The first-order valence-corrected chi connectivity index (χ1v) is 4.47. The first-order chi connectivity index (χ1) is 7.49. The van der Waals surface area contributed by atoms with Gasteiger partial charge in [0.1, 0.15) is 5.82 Å². The van der Waals surface area contributed by atoms with Crippen LogP contribution < -0.4 is 5.32 Å². The molecule has 0 spiro atoms. The molecule has 4 nitrogen and oxygen atoms in total. The molecule has 5 heteroatoms. The largest absolute Gasteiger partial charge is 0.478 e. The lowest BCUT2D eigenvalue weighted by Crippen LogP contribution is -2.10. The van der Waals surface area contributed by atoms with Crippen LogP contribution in [0.15, 0.2) is 35.9 Å².